The number of nitrogens with zero attached hydrogens (tertiary/aromatic N) is 2. The van der Waals surface area contributed by atoms with Gasteiger partial charge in [0.25, 0.3) is 10.1 Å². The summed E-state index contributed by atoms with van der Waals surface area (Å²) in [7, 11) is -3.44. The average Bonchev–Trinajstić information content (AvgIpc) is 2.84. The predicted molar refractivity (Wildman–Crippen MR) is 69.0 cm³/mol. The van der Waals surface area contributed by atoms with Crippen LogP contribution in [-0.2, 0) is 19.0 Å². The maximum Gasteiger partial charge on any atom is 0.264 e. The summed E-state index contributed by atoms with van der Waals surface area (Å²) >= 11 is 0. The molecule has 0 aliphatic carbocycles. The second-order valence-corrected chi connectivity index (χ2v) is 5.93. The third-order valence-corrected chi connectivity index (χ3v) is 3.28. The Morgan fingerprint density at radius 1 is 1.47 bits per heavy atom. The van der Waals surface area contributed by atoms with E-state index in [2.05, 4.69) is 6.07 Å². The van der Waals surface area contributed by atoms with Gasteiger partial charge in [-0.3, -0.25) is 4.18 Å². The first-order chi connectivity index (χ1) is 8.98. The quantitative estimate of drug-likeness (QED) is 0.756. The van der Waals surface area contributed by atoms with Crippen molar-refractivity contribution in [3.05, 3.63) is 29.8 Å². The van der Waals surface area contributed by atoms with Crippen molar-refractivity contribution in [3.63, 3.8) is 0 Å². The lowest BCUT2D eigenvalue weighted by Gasteiger charge is -2.15. The molecule has 102 valence electrons. The highest BCUT2D eigenvalue weighted by molar-refractivity contribution is 7.85. The van der Waals surface area contributed by atoms with Gasteiger partial charge in [-0.05, 0) is 24.3 Å². The summed E-state index contributed by atoms with van der Waals surface area (Å²) in [5.41, 5.74) is 1.53. The van der Waals surface area contributed by atoms with Crippen molar-refractivity contribution in [1.82, 2.24) is 0 Å². The van der Waals surface area contributed by atoms with Crippen LogP contribution >= 0.6 is 0 Å². The van der Waals surface area contributed by atoms with Crippen LogP contribution < -0.4 is 4.90 Å². The highest BCUT2D eigenvalue weighted by Gasteiger charge is 2.24. The van der Waals surface area contributed by atoms with Crippen LogP contribution in [-0.4, -0.2) is 40.7 Å². The zero-order valence-corrected chi connectivity index (χ0v) is 11.3. The minimum Gasteiger partial charge on any atom is -0.354 e. The molecule has 1 heterocycles. The summed E-state index contributed by atoms with van der Waals surface area (Å²) in [5.74, 6) is 0. The Kier molecular flexibility index (Phi) is 4.04. The van der Waals surface area contributed by atoms with Crippen molar-refractivity contribution in [1.29, 1.82) is 5.26 Å². The molecule has 0 N–H and O–H groups in total. The van der Waals surface area contributed by atoms with Crippen LogP contribution in [0.2, 0.25) is 0 Å². The third-order valence-electron chi connectivity index (χ3n) is 2.72. The van der Waals surface area contributed by atoms with Gasteiger partial charge < -0.3 is 9.64 Å². The number of ether oxygens (including phenoxy) is 1. The maximum atomic E-state index is 10.9. The molecule has 1 saturated heterocycles. The predicted octanol–water partition coefficient (Wildman–Crippen LogP) is 0.697. The first-order valence-corrected chi connectivity index (χ1v) is 7.51. The average molecular weight is 282 g/mol. The van der Waals surface area contributed by atoms with Crippen LogP contribution in [0, 0.1) is 11.3 Å². The molecular formula is C12H14N2O4S. The molecule has 1 aromatic rings. The fourth-order valence-electron chi connectivity index (χ4n) is 1.77. The highest BCUT2D eigenvalue weighted by atomic mass is 32.2. The van der Waals surface area contributed by atoms with E-state index in [1.165, 1.54) is 0 Å². The second-order valence-electron chi connectivity index (χ2n) is 4.29. The van der Waals surface area contributed by atoms with Gasteiger partial charge in [0, 0.05) is 12.2 Å². The normalized spacial score (nSPS) is 19.4. The molecule has 0 radical (unpaired) electrons. The zero-order chi connectivity index (χ0) is 13.9. The Bertz CT molecular complexity index is 577. The molecule has 1 atom stereocenters. The summed E-state index contributed by atoms with van der Waals surface area (Å²) < 4.78 is 31.9. The SMILES string of the molecule is CS(=O)(=O)OC[C@@H]1CN(c2ccc(C#N)cc2)CO1. The molecule has 1 aromatic carbocycles. The second kappa shape index (κ2) is 5.57. The summed E-state index contributed by atoms with van der Waals surface area (Å²) in [6.45, 7) is 0.955. The number of anilines is 1. The van der Waals surface area contributed by atoms with Gasteiger partial charge in [0.05, 0.1) is 24.5 Å². The van der Waals surface area contributed by atoms with Gasteiger partial charge >= 0.3 is 0 Å². The fraction of sp³-hybridized carbons (Fsp3) is 0.417. The number of hydrogen-bond acceptors (Lipinski definition) is 6. The van der Waals surface area contributed by atoms with Crippen molar-refractivity contribution in [2.45, 2.75) is 6.10 Å². The molecule has 1 aliphatic rings. The molecule has 19 heavy (non-hydrogen) atoms. The number of nitriles is 1. The first kappa shape index (κ1) is 13.8. The van der Waals surface area contributed by atoms with E-state index in [1.54, 1.807) is 12.1 Å². The third kappa shape index (κ3) is 3.92. The number of rotatable bonds is 4. The lowest BCUT2D eigenvalue weighted by molar-refractivity contribution is 0.0759. The Morgan fingerprint density at radius 2 is 2.16 bits per heavy atom. The van der Waals surface area contributed by atoms with Gasteiger partial charge in [0.2, 0.25) is 0 Å². The molecular weight excluding hydrogens is 268 g/mol. The van der Waals surface area contributed by atoms with E-state index >= 15 is 0 Å². The van der Waals surface area contributed by atoms with Gasteiger partial charge in [0.15, 0.2) is 0 Å². The van der Waals surface area contributed by atoms with E-state index in [0.29, 0.717) is 18.8 Å². The van der Waals surface area contributed by atoms with Crippen LogP contribution in [0.5, 0.6) is 0 Å². The highest BCUT2D eigenvalue weighted by Crippen LogP contribution is 2.20. The van der Waals surface area contributed by atoms with Crippen LogP contribution in [0.1, 0.15) is 5.56 Å². The molecule has 0 aromatic heterocycles. The number of hydrogen-bond donors (Lipinski definition) is 0. The minimum atomic E-state index is -3.44. The smallest absolute Gasteiger partial charge is 0.264 e. The van der Waals surface area contributed by atoms with Crippen molar-refractivity contribution in [2.24, 2.45) is 0 Å². The molecule has 0 saturated carbocycles. The minimum absolute atomic E-state index is 0.0195. The van der Waals surface area contributed by atoms with Crippen molar-refractivity contribution >= 4 is 15.8 Å². The van der Waals surface area contributed by atoms with Gasteiger partial charge in [-0.1, -0.05) is 0 Å². The van der Waals surface area contributed by atoms with Crippen LogP contribution in [0.4, 0.5) is 5.69 Å². The van der Waals surface area contributed by atoms with Crippen LogP contribution in [0.3, 0.4) is 0 Å². The molecule has 1 aliphatic heterocycles. The maximum absolute atomic E-state index is 10.9. The fourth-order valence-corrected chi connectivity index (χ4v) is 2.17. The van der Waals surface area contributed by atoms with E-state index in [1.807, 2.05) is 17.0 Å². The largest absolute Gasteiger partial charge is 0.354 e. The van der Waals surface area contributed by atoms with E-state index in [-0.39, 0.29) is 12.7 Å². The molecule has 6 nitrogen and oxygen atoms in total. The van der Waals surface area contributed by atoms with Crippen molar-refractivity contribution < 1.29 is 17.3 Å². The summed E-state index contributed by atoms with van der Waals surface area (Å²) in [5, 5.41) is 8.72. The van der Waals surface area contributed by atoms with E-state index in [0.717, 1.165) is 11.9 Å². The summed E-state index contributed by atoms with van der Waals surface area (Å²) in [6.07, 6.45) is 0.741. The molecule has 0 bridgehead atoms. The summed E-state index contributed by atoms with van der Waals surface area (Å²) in [6, 6.07) is 9.19. The first-order valence-electron chi connectivity index (χ1n) is 5.69. The van der Waals surface area contributed by atoms with Crippen molar-refractivity contribution in [2.75, 3.05) is 31.0 Å². The summed E-state index contributed by atoms with van der Waals surface area (Å²) in [4.78, 5) is 1.96. The Balaban J connectivity index is 1.92. The van der Waals surface area contributed by atoms with Gasteiger partial charge in [-0.2, -0.15) is 13.7 Å². The van der Waals surface area contributed by atoms with E-state index < -0.39 is 10.1 Å². The molecule has 0 unspecified atom stereocenters. The molecule has 2 rings (SSSR count). The van der Waals surface area contributed by atoms with Gasteiger partial charge in [-0.25, -0.2) is 0 Å². The standard InChI is InChI=1S/C12H14N2O4S/c1-19(15,16)18-8-12-7-14(9-17-12)11-4-2-10(6-13)3-5-11/h2-5,12H,7-9H2,1H3/t12-/m0/s1. The Hall–Kier alpha value is -1.62. The molecule has 0 amide bonds. The zero-order valence-electron chi connectivity index (χ0n) is 10.4. The van der Waals surface area contributed by atoms with Crippen LogP contribution in [0.25, 0.3) is 0 Å². The monoisotopic (exact) mass is 282 g/mol. The lowest BCUT2D eigenvalue weighted by atomic mass is 10.2. The van der Waals surface area contributed by atoms with Crippen LogP contribution in [0.15, 0.2) is 24.3 Å². The van der Waals surface area contributed by atoms with E-state index in [9.17, 15) is 8.42 Å². The van der Waals surface area contributed by atoms with Gasteiger partial charge in [0.1, 0.15) is 12.8 Å². The molecule has 0 spiro atoms. The lowest BCUT2D eigenvalue weighted by Crippen LogP contribution is -2.25. The Labute approximate surface area is 112 Å². The molecule has 1 fully saturated rings. The Morgan fingerprint density at radius 3 is 2.74 bits per heavy atom. The molecule has 7 heteroatoms. The van der Waals surface area contributed by atoms with E-state index in [4.69, 9.17) is 14.2 Å². The number of benzene rings is 1. The van der Waals surface area contributed by atoms with Gasteiger partial charge in [-0.15, -0.1) is 0 Å². The topological polar surface area (TPSA) is 79.6 Å². The van der Waals surface area contributed by atoms with Crippen molar-refractivity contribution in [3.8, 4) is 6.07 Å².